The van der Waals surface area contributed by atoms with E-state index in [0.717, 1.165) is 16.8 Å². The zero-order valence-corrected chi connectivity index (χ0v) is 23.2. The molecule has 0 atom stereocenters. The van der Waals surface area contributed by atoms with Crippen LogP contribution in [0, 0.1) is 20.8 Å². The topological polar surface area (TPSA) is 60.9 Å². The molecule has 37 heavy (non-hydrogen) atoms. The van der Waals surface area contributed by atoms with Crippen LogP contribution < -0.4 is 4.90 Å². The van der Waals surface area contributed by atoms with Crippen molar-refractivity contribution in [3.05, 3.63) is 94.0 Å². The van der Waals surface area contributed by atoms with Crippen molar-refractivity contribution in [3.8, 4) is 0 Å². The summed E-state index contributed by atoms with van der Waals surface area (Å²) in [7, 11) is -3.88. The minimum Gasteiger partial charge on any atom is -0.368 e. The molecular formula is C29H34ClN3O3S. The SMILES string of the molecule is Cc1cc(C)c(S(=O)(=O)N(CCc2ccccc2)CC(=O)N2CCN(c3cccc(Cl)c3)CC2)c(C)c1. The first kappa shape index (κ1) is 27.2. The number of carbonyl (C=O) groups excluding carboxylic acids is 1. The second-order valence-corrected chi connectivity index (χ2v) is 12.0. The van der Waals surface area contributed by atoms with Gasteiger partial charge in [-0.1, -0.05) is 65.7 Å². The van der Waals surface area contributed by atoms with E-state index in [1.807, 2.05) is 87.5 Å². The predicted octanol–water partition coefficient (Wildman–Crippen LogP) is 4.85. The largest absolute Gasteiger partial charge is 0.368 e. The van der Waals surface area contributed by atoms with Crippen molar-refractivity contribution in [2.24, 2.45) is 0 Å². The zero-order valence-electron chi connectivity index (χ0n) is 21.7. The summed E-state index contributed by atoms with van der Waals surface area (Å²) in [4.78, 5) is 17.7. The highest BCUT2D eigenvalue weighted by molar-refractivity contribution is 7.89. The molecule has 1 aliphatic heterocycles. The van der Waals surface area contributed by atoms with Crippen LogP contribution in [0.3, 0.4) is 0 Å². The average Bonchev–Trinajstić information content (AvgIpc) is 2.86. The predicted molar refractivity (Wildman–Crippen MR) is 150 cm³/mol. The normalized spacial score (nSPS) is 14.3. The van der Waals surface area contributed by atoms with E-state index >= 15 is 0 Å². The molecule has 1 fully saturated rings. The molecule has 0 aliphatic carbocycles. The lowest BCUT2D eigenvalue weighted by atomic mass is 10.1. The van der Waals surface area contributed by atoms with Crippen LogP contribution >= 0.6 is 11.6 Å². The van der Waals surface area contributed by atoms with Gasteiger partial charge in [-0.2, -0.15) is 4.31 Å². The Kier molecular flexibility index (Phi) is 8.57. The Morgan fingerprint density at radius 2 is 1.54 bits per heavy atom. The lowest BCUT2D eigenvalue weighted by molar-refractivity contribution is -0.131. The fourth-order valence-corrected chi connectivity index (χ4v) is 7.01. The van der Waals surface area contributed by atoms with Crippen molar-refractivity contribution in [3.63, 3.8) is 0 Å². The van der Waals surface area contributed by atoms with Crippen LogP contribution in [0.4, 0.5) is 5.69 Å². The van der Waals surface area contributed by atoms with Crippen LogP contribution in [0.1, 0.15) is 22.3 Å². The summed E-state index contributed by atoms with van der Waals surface area (Å²) in [5.41, 5.74) is 4.47. The molecule has 0 N–H and O–H groups in total. The molecule has 0 spiro atoms. The van der Waals surface area contributed by atoms with Gasteiger partial charge in [-0.25, -0.2) is 8.42 Å². The number of anilines is 1. The minimum atomic E-state index is -3.88. The summed E-state index contributed by atoms with van der Waals surface area (Å²) in [6.07, 6.45) is 0.528. The first-order valence-electron chi connectivity index (χ1n) is 12.6. The van der Waals surface area contributed by atoms with Gasteiger partial charge < -0.3 is 9.80 Å². The number of amides is 1. The fraction of sp³-hybridized carbons (Fsp3) is 0.345. The molecule has 6 nitrogen and oxygen atoms in total. The van der Waals surface area contributed by atoms with Crippen molar-refractivity contribution in [2.45, 2.75) is 32.1 Å². The van der Waals surface area contributed by atoms with Crippen LogP contribution in [0.5, 0.6) is 0 Å². The third kappa shape index (κ3) is 6.53. The summed E-state index contributed by atoms with van der Waals surface area (Å²) in [6, 6.07) is 21.2. The fourth-order valence-electron chi connectivity index (χ4n) is 5.02. The van der Waals surface area contributed by atoms with E-state index in [0.29, 0.717) is 53.6 Å². The van der Waals surface area contributed by atoms with Crippen LogP contribution in [0.2, 0.25) is 5.02 Å². The average molecular weight is 540 g/mol. The Hall–Kier alpha value is -2.87. The van der Waals surface area contributed by atoms with E-state index in [-0.39, 0.29) is 19.0 Å². The number of sulfonamides is 1. The van der Waals surface area contributed by atoms with Crippen molar-refractivity contribution in [1.82, 2.24) is 9.21 Å². The van der Waals surface area contributed by atoms with Crippen molar-refractivity contribution in [1.29, 1.82) is 0 Å². The monoisotopic (exact) mass is 539 g/mol. The van der Waals surface area contributed by atoms with Crippen LogP contribution in [-0.2, 0) is 21.2 Å². The molecule has 0 aromatic heterocycles. The minimum absolute atomic E-state index is 0.176. The van der Waals surface area contributed by atoms with Gasteiger partial charge in [0.05, 0.1) is 11.4 Å². The van der Waals surface area contributed by atoms with E-state index in [1.165, 1.54) is 4.31 Å². The van der Waals surface area contributed by atoms with Crippen molar-refractivity contribution < 1.29 is 13.2 Å². The van der Waals surface area contributed by atoms with E-state index in [1.54, 1.807) is 4.90 Å². The van der Waals surface area contributed by atoms with Gasteiger partial charge in [0.2, 0.25) is 15.9 Å². The first-order valence-corrected chi connectivity index (χ1v) is 14.4. The van der Waals surface area contributed by atoms with Gasteiger partial charge in [-0.3, -0.25) is 4.79 Å². The number of rotatable bonds is 8. The molecule has 8 heteroatoms. The summed E-state index contributed by atoms with van der Waals surface area (Å²) >= 11 is 6.14. The Morgan fingerprint density at radius 3 is 2.16 bits per heavy atom. The number of nitrogens with zero attached hydrogens (tertiary/aromatic N) is 3. The maximum atomic E-state index is 13.9. The highest BCUT2D eigenvalue weighted by atomic mass is 35.5. The molecule has 1 aliphatic rings. The maximum Gasteiger partial charge on any atom is 0.244 e. The number of hydrogen-bond acceptors (Lipinski definition) is 4. The third-order valence-electron chi connectivity index (χ3n) is 6.81. The molecular weight excluding hydrogens is 506 g/mol. The zero-order chi connectivity index (χ0) is 26.6. The molecule has 0 radical (unpaired) electrons. The van der Waals surface area contributed by atoms with Crippen LogP contribution in [-0.4, -0.2) is 62.8 Å². The van der Waals surface area contributed by atoms with Gasteiger partial charge in [0, 0.05) is 43.4 Å². The number of benzene rings is 3. The maximum absolute atomic E-state index is 13.9. The molecule has 0 saturated carbocycles. The Bertz CT molecular complexity index is 1330. The number of carbonyl (C=O) groups is 1. The van der Waals surface area contributed by atoms with Crippen molar-refractivity contribution >= 4 is 33.2 Å². The Balaban J connectivity index is 1.52. The lowest BCUT2D eigenvalue weighted by Gasteiger charge is -2.37. The molecule has 3 aromatic rings. The molecule has 4 rings (SSSR count). The van der Waals surface area contributed by atoms with E-state index in [4.69, 9.17) is 11.6 Å². The number of hydrogen-bond donors (Lipinski definition) is 0. The number of aryl methyl sites for hydroxylation is 3. The smallest absolute Gasteiger partial charge is 0.244 e. The van der Waals surface area contributed by atoms with Crippen LogP contribution in [0.15, 0.2) is 71.6 Å². The second kappa shape index (κ2) is 11.7. The molecule has 0 unspecified atom stereocenters. The highest BCUT2D eigenvalue weighted by Gasteiger charge is 2.32. The van der Waals surface area contributed by atoms with Crippen LogP contribution in [0.25, 0.3) is 0 Å². The summed E-state index contributed by atoms with van der Waals surface area (Å²) in [6.45, 7) is 8.03. The first-order chi connectivity index (χ1) is 17.6. The molecule has 1 saturated heterocycles. The Labute approximate surface area is 225 Å². The molecule has 1 amide bonds. The second-order valence-electron chi connectivity index (χ2n) is 9.65. The van der Waals surface area contributed by atoms with Gasteiger partial charge in [-0.05, 0) is 62.1 Å². The molecule has 0 bridgehead atoms. The van der Waals surface area contributed by atoms with E-state index in [2.05, 4.69) is 4.90 Å². The van der Waals surface area contributed by atoms with Gasteiger partial charge in [-0.15, -0.1) is 0 Å². The molecule has 1 heterocycles. The standard InChI is InChI=1S/C29H34ClN3O3S/c1-22-18-23(2)29(24(3)19-22)37(35,36)33(13-12-25-8-5-4-6-9-25)21-28(34)32-16-14-31(15-17-32)27-11-7-10-26(30)20-27/h4-11,18-20H,12-17,21H2,1-3H3. The van der Waals surface area contributed by atoms with Gasteiger partial charge in [0.15, 0.2) is 0 Å². The van der Waals surface area contributed by atoms with E-state index in [9.17, 15) is 13.2 Å². The summed E-state index contributed by atoms with van der Waals surface area (Å²) in [5, 5.41) is 0.678. The third-order valence-corrected chi connectivity index (χ3v) is 9.20. The van der Waals surface area contributed by atoms with E-state index < -0.39 is 10.0 Å². The lowest BCUT2D eigenvalue weighted by Crippen LogP contribution is -2.52. The van der Waals surface area contributed by atoms with Gasteiger partial charge >= 0.3 is 0 Å². The molecule has 3 aromatic carbocycles. The summed E-state index contributed by atoms with van der Waals surface area (Å²) < 4.78 is 29.2. The molecule has 196 valence electrons. The number of piperazine rings is 1. The van der Waals surface area contributed by atoms with Crippen molar-refractivity contribution in [2.75, 3.05) is 44.2 Å². The quantitative estimate of drug-likeness (QED) is 0.411. The Morgan fingerprint density at radius 1 is 0.892 bits per heavy atom. The summed E-state index contributed by atoms with van der Waals surface area (Å²) in [5.74, 6) is -0.176. The highest BCUT2D eigenvalue weighted by Crippen LogP contribution is 2.26. The number of halogens is 1. The van der Waals surface area contributed by atoms with Gasteiger partial charge in [0.25, 0.3) is 0 Å². The van der Waals surface area contributed by atoms with Gasteiger partial charge in [0.1, 0.15) is 0 Å².